The quantitative estimate of drug-likeness (QED) is 0.540. The summed E-state index contributed by atoms with van der Waals surface area (Å²) >= 11 is 3.14. The van der Waals surface area contributed by atoms with Gasteiger partial charge in [-0.05, 0) is 40.6 Å². The van der Waals surface area contributed by atoms with Crippen molar-refractivity contribution in [2.75, 3.05) is 25.2 Å². The van der Waals surface area contributed by atoms with Gasteiger partial charge >= 0.3 is 5.97 Å². The van der Waals surface area contributed by atoms with Crippen LogP contribution >= 0.6 is 15.9 Å². The third-order valence-corrected chi connectivity index (χ3v) is 5.64. The fraction of sp³-hybridized carbons (Fsp3) is 0.429. The zero-order valence-corrected chi connectivity index (χ0v) is 14.8. The Morgan fingerprint density at radius 1 is 1.48 bits per heavy atom. The topological polar surface area (TPSA) is 93.9 Å². The van der Waals surface area contributed by atoms with E-state index in [4.69, 9.17) is 9.15 Å². The molecule has 0 aliphatic carbocycles. The Labute approximate surface area is 142 Å². The van der Waals surface area contributed by atoms with E-state index in [1.807, 2.05) is 0 Å². The molecule has 126 valence electrons. The molecule has 1 aromatic heterocycles. The molecule has 0 spiro atoms. The number of hydrogen-bond donors (Lipinski definition) is 0. The summed E-state index contributed by atoms with van der Waals surface area (Å²) in [5.41, 5.74) is 0. The zero-order valence-electron chi connectivity index (χ0n) is 12.4. The molecule has 1 atom stereocenters. The van der Waals surface area contributed by atoms with Crippen molar-refractivity contribution in [2.24, 2.45) is 0 Å². The van der Waals surface area contributed by atoms with Crippen LogP contribution in [-0.4, -0.2) is 56.4 Å². The molecule has 23 heavy (non-hydrogen) atoms. The minimum absolute atomic E-state index is 0.0452. The third-order valence-electron chi connectivity index (χ3n) is 3.47. The molecule has 9 heteroatoms. The Hall–Kier alpha value is -1.61. The minimum atomic E-state index is -3.07. The number of carbonyl (C=O) groups is 2. The molecule has 1 saturated heterocycles. The van der Waals surface area contributed by atoms with Gasteiger partial charge in [-0.25, -0.2) is 13.2 Å². The number of likely N-dealkylation sites (N-methyl/N-ethyl adjacent to an activating group) is 1. The molecule has 7 nitrogen and oxygen atoms in total. The fourth-order valence-electron chi connectivity index (χ4n) is 2.14. The van der Waals surface area contributed by atoms with Crippen LogP contribution in [0.15, 0.2) is 27.3 Å². The van der Waals surface area contributed by atoms with Gasteiger partial charge in [-0.15, -0.1) is 0 Å². The Morgan fingerprint density at radius 2 is 2.22 bits per heavy atom. The highest BCUT2D eigenvalue weighted by molar-refractivity contribution is 9.10. The molecular formula is C14H16BrNO6S. The second-order valence-electron chi connectivity index (χ2n) is 5.14. The predicted octanol–water partition coefficient (Wildman–Crippen LogP) is 1.24. The first-order valence-corrected chi connectivity index (χ1v) is 9.44. The third kappa shape index (κ3) is 5.21. The monoisotopic (exact) mass is 405 g/mol. The van der Waals surface area contributed by atoms with Crippen LogP contribution in [0.1, 0.15) is 12.2 Å². The molecule has 2 heterocycles. The smallest absolute Gasteiger partial charge is 0.331 e. The average Bonchev–Trinajstić information content (AvgIpc) is 3.07. The Bertz CT molecular complexity index is 723. The molecule has 1 fully saturated rings. The number of ether oxygens (including phenoxy) is 1. The maximum atomic E-state index is 11.9. The van der Waals surface area contributed by atoms with Gasteiger partial charge in [0.25, 0.3) is 5.91 Å². The molecule has 1 aliphatic rings. The second-order valence-corrected chi connectivity index (χ2v) is 8.15. The fourth-order valence-corrected chi connectivity index (χ4v) is 4.23. The number of esters is 1. The van der Waals surface area contributed by atoms with Gasteiger partial charge in [0, 0.05) is 19.2 Å². The SMILES string of the molecule is CN(C(=O)COC(=O)/C=C/c1ccc(Br)o1)[C@H]1CCS(=O)(=O)C1. The van der Waals surface area contributed by atoms with Crippen molar-refractivity contribution in [3.8, 4) is 0 Å². The van der Waals surface area contributed by atoms with Crippen LogP contribution in [0.4, 0.5) is 0 Å². The van der Waals surface area contributed by atoms with Crippen LogP contribution in [-0.2, 0) is 24.2 Å². The van der Waals surface area contributed by atoms with Crippen LogP contribution in [0.5, 0.6) is 0 Å². The molecule has 2 rings (SSSR count). The van der Waals surface area contributed by atoms with E-state index in [0.29, 0.717) is 16.9 Å². The standard InChI is InChI=1S/C14H16BrNO6S/c1-16(10-6-7-23(19,20)9-10)13(17)8-21-14(18)5-3-11-2-4-12(15)22-11/h2-5,10H,6-9H2,1H3/b5-3+/t10-/m0/s1. The number of amides is 1. The number of sulfone groups is 1. The summed E-state index contributed by atoms with van der Waals surface area (Å²) in [6.45, 7) is -0.432. The van der Waals surface area contributed by atoms with Crippen molar-refractivity contribution in [2.45, 2.75) is 12.5 Å². The van der Waals surface area contributed by atoms with Crippen LogP contribution in [0.25, 0.3) is 6.08 Å². The van der Waals surface area contributed by atoms with Crippen molar-refractivity contribution in [3.63, 3.8) is 0 Å². The first kappa shape index (κ1) is 17.7. The number of rotatable bonds is 5. The number of nitrogens with zero attached hydrogens (tertiary/aromatic N) is 1. The van der Waals surface area contributed by atoms with E-state index in [9.17, 15) is 18.0 Å². The van der Waals surface area contributed by atoms with E-state index in [-0.39, 0.29) is 17.5 Å². The molecule has 1 aliphatic heterocycles. The second kappa shape index (κ2) is 7.31. The van der Waals surface area contributed by atoms with E-state index in [1.165, 1.54) is 18.0 Å². The van der Waals surface area contributed by atoms with E-state index in [0.717, 1.165) is 6.08 Å². The van der Waals surface area contributed by atoms with E-state index >= 15 is 0 Å². The van der Waals surface area contributed by atoms with Crippen LogP contribution in [0, 0.1) is 0 Å². The molecule has 0 aromatic carbocycles. The summed E-state index contributed by atoms with van der Waals surface area (Å²) in [7, 11) is -1.56. The summed E-state index contributed by atoms with van der Waals surface area (Å²) in [6, 6.07) is 2.98. The number of furan rings is 1. The number of halogens is 1. The molecule has 0 saturated carbocycles. The number of carbonyl (C=O) groups excluding carboxylic acids is 2. The van der Waals surface area contributed by atoms with Gasteiger partial charge in [-0.3, -0.25) is 4.79 Å². The lowest BCUT2D eigenvalue weighted by molar-refractivity contribution is -0.148. The molecule has 0 radical (unpaired) electrons. The van der Waals surface area contributed by atoms with Crippen molar-refractivity contribution >= 4 is 43.7 Å². The lowest BCUT2D eigenvalue weighted by atomic mass is 10.2. The van der Waals surface area contributed by atoms with Crippen molar-refractivity contribution in [3.05, 3.63) is 28.6 Å². The van der Waals surface area contributed by atoms with Gasteiger partial charge in [-0.2, -0.15) is 0 Å². The molecule has 0 N–H and O–H groups in total. The van der Waals surface area contributed by atoms with Gasteiger partial charge in [0.2, 0.25) is 0 Å². The summed E-state index contributed by atoms with van der Waals surface area (Å²) in [5, 5.41) is 0. The first-order chi connectivity index (χ1) is 10.8. The molecule has 0 unspecified atom stereocenters. The van der Waals surface area contributed by atoms with Crippen LogP contribution in [0.3, 0.4) is 0 Å². The summed E-state index contributed by atoms with van der Waals surface area (Å²) in [6.07, 6.45) is 2.98. The molecule has 1 aromatic rings. The Morgan fingerprint density at radius 3 is 2.78 bits per heavy atom. The minimum Gasteiger partial charge on any atom is -0.452 e. The van der Waals surface area contributed by atoms with Crippen molar-refractivity contribution in [1.29, 1.82) is 0 Å². The first-order valence-electron chi connectivity index (χ1n) is 6.83. The summed E-state index contributed by atoms with van der Waals surface area (Å²) < 4.78 is 33.4. The lowest BCUT2D eigenvalue weighted by Gasteiger charge is -2.22. The lowest BCUT2D eigenvalue weighted by Crippen LogP contribution is -2.40. The highest BCUT2D eigenvalue weighted by Gasteiger charge is 2.32. The maximum absolute atomic E-state index is 11.9. The summed E-state index contributed by atoms with van der Waals surface area (Å²) in [5.74, 6) is -0.617. The summed E-state index contributed by atoms with van der Waals surface area (Å²) in [4.78, 5) is 24.8. The molecule has 1 amide bonds. The number of hydrogen-bond acceptors (Lipinski definition) is 6. The normalized spacial score (nSPS) is 19.8. The predicted molar refractivity (Wildman–Crippen MR) is 86.2 cm³/mol. The van der Waals surface area contributed by atoms with Gasteiger partial charge in [0.1, 0.15) is 5.76 Å². The van der Waals surface area contributed by atoms with Crippen molar-refractivity contribution in [1.82, 2.24) is 4.90 Å². The largest absolute Gasteiger partial charge is 0.452 e. The van der Waals surface area contributed by atoms with Gasteiger partial charge in [0.05, 0.1) is 11.5 Å². The molecular weight excluding hydrogens is 390 g/mol. The van der Waals surface area contributed by atoms with Crippen LogP contribution in [0.2, 0.25) is 0 Å². The van der Waals surface area contributed by atoms with E-state index < -0.39 is 28.3 Å². The molecule has 0 bridgehead atoms. The van der Waals surface area contributed by atoms with Crippen molar-refractivity contribution < 1.29 is 27.2 Å². The van der Waals surface area contributed by atoms with Gasteiger partial charge in [-0.1, -0.05) is 0 Å². The highest BCUT2D eigenvalue weighted by atomic mass is 79.9. The highest BCUT2D eigenvalue weighted by Crippen LogP contribution is 2.17. The Balaban J connectivity index is 1.79. The average molecular weight is 406 g/mol. The van der Waals surface area contributed by atoms with Gasteiger partial charge < -0.3 is 14.1 Å². The van der Waals surface area contributed by atoms with Gasteiger partial charge in [0.15, 0.2) is 21.1 Å². The van der Waals surface area contributed by atoms with Crippen LogP contribution < -0.4 is 0 Å². The van der Waals surface area contributed by atoms with E-state index in [2.05, 4.69) is 15.9 Å². The maximum Gasteiger partial charge on any atom is 0.331 e. The zero-order chi connectivity index (χ0) is 17.0. The Kier molecular flexibility index (Phi) is 5.64. The van der Waals surface area contributed by atoms with E-state index in [1.54, 1.807) is 12.1 Å².